The number of fused-ring (bicyclic) bond motifs is 40. The molecule has 2 aromatic rings. The number of sulfonamides is 2. The first-order valence-electron chi connectivity index (χ1n) is 44.2. The number of hydrogen-bond acceptors (Lipinski definition) is 32. The number of nitrogens with zero attached hydrogens (tertiary/aromatic N) is 2. The van der Waals surface area contributed by atoms with E-state index in [1.807, 2.05) is 0 Å². The molecule has 20 rings (SSSR count). The molecule has 0 amide bonds. The molecule has 24 N–H and O–H groups in total. The Morgan fingerprint density at radius 2 is 0.420 bits per heavy atom. The van der Waals surface area contributed by atoms with Crippen molar-refractivity contribution < 1.29 is 85.2 Å². The van der Waals surface area contributed by atoms with Gasteiger partial charge in [0.1, 0.15) is 39.8 Å². The van der Waals surface area contributed by atoms with Gasteiger partial charge in [-0.3, -0.25) is 83.5 Å². The third-order valence-corrected chi connectivity index (χ3v) is 38.5. The van der Waals surface area contributed by atoms with Crippen LogP contribution in [0.4, 0.5) is 22.7 Å². The topological polar surface area (TPSA) is 570 Å². The summed E-state index contributed by atoms with van der Waals surface area (Å²) in [5.74, 6) is 3.85. The SMILES string of the molecule is Nc1c(S(=O)(=O)[O-])c(S(N)(=O)=O)cc(N2C3NC4NC(NC5NC(NC6NC(NC2C2CCCCC23)C2CCCCC62)C2CCCCC52)C2CCCCC42)c1S(=O)(=O)O.Nc1c(S(=O)(=O)[O-])c(S(N)(=O)=O)cc(N2C3NC4NC(NC5NC(NC6NC(NC2C2CCCCC23)C2CCCCC62)C2CCCCC52)C2CCCCC42)c1S(=O)(=O)O.[Ni+2]. The van der Waals surface area contributed by atoms with Crippen molar-refractivity contribution in [2.24, 2.45) is 105 Å². The molecule has 119 heavy (non-hydrogen) atoms. The van der Waals surface area contributed by atoms with Gasteiger partial charge in [-0.2, -0.15) is 16.8 Å². The number of rotatable bonds is 8. The summed E-state index contributed by atoms with van der Waals surface area (Å²) in [5.41, 5.74) is 9.58. The molecule has 8 saturated carbocycles. The van der Waals surface area contributed by atoms with Crippen LogP contribution < -0.4 is 106 Å². The molecule has 18 aliphatic rings. The van der Waals surface area contributed by atoms with Gasteiger partial charge in [0.25, 0.3) is 20.2 Å². The third-order valence-electron chi connectivity index (χ3n) is 32.6. The molecule has 0 radical (unpaired) electrons. The van der Waals surface area contributed by atoms with Gasteiger partial charge in [-0.1, -0.05) is 103 Å². The third kappa shape index (κ3) is 15.8. The summed E-state index contributed by atoms with van der Waals surface area (Å²) in [6.45, 7) is 0. The summed E-state index contributed by atoms with van der Waals surface area (Å²) in [7, 11) is -32.1. The Bertz CT molecular complexity index is 4470. The molecule has 0 aromatic heterocycles. The van der Waals surface area contributed by atoms with Gasteiger partial charge in [-0.05, 0) is 210 Å². The Morgan fingerprint density at radius 3 is 0.563 bits per heavy atom. The van der Waals surface area contributed by atoms with Gasteiger partial charge in [-0.15, -0.1) is 0 Å². The van der Waals surface area contributed by atoms with E-state index in [0.717, 1.165) is 192 Å². The fourth-order valence-electron chi connectivity index (χ4n) is 28.0. The predicted molar refractivity (Wildman–Crippen MR) is 433 cm³/mol. The largest absolute Gasteiger partial charge is 2.00 e. The second kappa shape index (κ2) is 33.0. The molecule has 16 bridgehead atoms. The number of anilines is 4. The van der Waals surface area contributed by atoms with E-state index in [2.05, 4.69) is 74.4 Å². The van der Waals surface area contributed by atoms with Gasteiger partial charge >= 0.3 is 16.5 Å². The summed E-state index contributed by atoms with van der Waals surface area (Å²) in [4.78, 5) is -3.68. The standard InChI is InChI=1S/2C38H62N10O8S3.Ni/c2*39-28-29(58(51,52)53)26(17-27(57(40,49)50)30(28)59(54,55)56)48-37-24-15-7-8-16-25(24)38(48)47-36-23-14-6-4-12-21(23)34(45-36)43-32-19-10-2-1-9-18(19)31(41-32)42-33-20-11-3-5-13-22(20)35(44-33)46-37;/h2*17-25,31-38,41-47H,1-16,39H2,(H2,40,49,50)(H,51,52,53)(H,54,55,56);/q;;+2/p-2. The molecular formula is C76H122N20NiO16S6. The van der Waals surface area contributed by atoms with Gasteiger partial charge in [-0.25, -0.2) is 43.9 Å². The number of nitrogens with one attached hydrogen (secondary N) is 14. The number of nitrogens with two attached hydrogens (primary N) is 4. The first-order chi connectivity index (χ1) is 56.1. The maximum atomic E-state index is 13.5. The van der Waals surface area contributed by atoms with Crippen LogP contribution in [0.5, 0.6) is 0 Å². The van der Waals surface area contributed by atoms with Crippen LogP contribution in [0.25, 0.3) is 0 Å². The molecule has 43 heteroatoms. The molecule has 10 heterocycles. The van der Waals surface area contributed by atoms with E-state index < -0.39 is 126 Å². The molecule has 0 spiro atoms. The average molecular weight is 1820 g/mol. The summed E-state index contributed by atoms with van der Waals surface area (Å²) >= 11 is 0. The minimum atomic E-state index is -5.71. The van der Waals surface area contributed by atoms with E-state index in [1.54, 1.807) is 9.80 Å². The van der Waals surface area contributed by atoms with Crippen molar-refractivity contribution in [2.45, 2.75) is 333 Å². The summed E-state index contributed by atoms with van der Waals surface area (Å²) < 4.78 is 205. The van der Waals surface area contributed by atoms with Gasteiger partial charge < -0.3 is 30.4 Å². The van der Waals surface area contributed by atoms with Crippen molar-refractivity contribution in [1.29, 1.82) is 0 Å². The van der Waals surface area contributed by atoms with Crippen LogP contribution in [0.15, 0.2) is 41.5 Å². The fraction of sp³-hybridized carbons (Fsp3) is 0.842. The molecule has 8 aliphatic carbocycles. The van der Waals surface area contributed by atoms with E-state index >= 15 is 0 Å². The number of hydrogen-bond donors (Lipinski definition) is 20. The van der Waals surface area contributed by atoms with Crippen molar-refractivity contribution in [3.63, 3.8) is 0 Å². The molecule has 2 aromatic carbocycles. The Kier molecular flexibility index (Phi) is 24.0. The number of benzene rings is 2. The van der Waals surface area contributed by atoms with Gasteiger partial charge in [0.2, 0.25) is 20.0 Å². The molecule has 36 nitrogen and oxygen atoms in total. The monoisotopic (exact) mass is 1820 g/mol. The van der Waals surface area contributed by atoms with Crippen molar-refractivity contribution in [3.05, 3.63) is 12.1 Å². The zero-order valence-corrected chi connectivity index (χ0v) is 72.7. The van der Waals surface area contributed by atoms with Crippen molar-refractivity contribution in [2.75, 3.05) is 21.3 Å². The van der Waals surface area contributed by atoms with Crippen molar-refractivity contribution >= 4 is 83.3 Å². The molecule has 18 fully saturated rings. The van der Waals surface area contributed by atoms with Crippen molar-refractivity contribution in [1.82, 2.24) is 74.4 Å². The van der Waals surface area contributed by atoms with E-state index in [4.69, 9.17) is 21.7 Å². The quantitative estimate of drug-likeness (QED) is 0.102. The van der Waals surface area contributed by atoms with Crippen LogP contribution >= 0.6 is 0 Å². The second-order valence-electron chi connectivity index (χ2n) is 38.4. The molecule has 668 valence electrons. The van der Waals surface area contributed by atoms with Crippen molar-refractivity contribution in [3.8, 4) is 0 Å². The average Bonchev–Trinajstić information content (AvgIpc) is 1.65. The first kappa shape index (κ1) is 86.8. The van der Waals surface area contributed by atoms with E-state index in [1.165, 1.54) is 25.7 Å². The Labute approximate surface area is 709 Å². The Hall–Kier alpha value is -2.97. The maximum Gasteiger partial charge on any atom is 2.00 e. The summed E-state index contributed by atoms with van der Waals surface area (Å²) in [5, 5.41) is 67.5. The first-order valence-corrected chi connectivity index (χ1v) is 53.0. The van der Waals surface area contributed by atoms with Gasteiger partial charge in [0, 0.05) is 0 Å². The Morgan fingerprint density at radius 1 is 0.269 bits per heavy atom. The number of nitrogen functional groups attached to an aromatic ring is 2. The fourth-order valence-corrected chi connectivity index (χ4v) is 33.7. The predicted octanol–water partition coefficient (Wildman–Crippen LogP) is 1.80. The zero-order chi connectivity index (χ0) is 82.3. The van der Waals surface area contributed by atoms with Crippen LogP contribution in [0.3, 0.4) is 0 Å². The summed E-state index contributed by atoms with van der Waals surface area (Å²) in [6.07, 6.45) is 30.3. The smallest absolute Gasteiger partial charge is 0.744 e. The maximum absolute atomic E-state index is 13.5. The minimum absolute atomic E-state index is 0. The Balaban J connectivity index is 0.000000162. The second-order valence-corrected chi connectivity index (χ2v) is 46.8. The molecule has 10 saturated heterocycles. The van der Waals surface area contributed by atoms with E-state index in [9.17, 15) is 68.7 Å². The summed E-state index contributed by atoms with van der Waals surface area (Å²) in [6, 6.07) is 1.66. The number of primary sulfonamides is 2. The molecule has 32 atom stereocenters. The van der Waals surface area contributed by atoms with E-state index in [-0.39, 0.29) is 149 Å². The normalized spacial score (nSPS) is 43.4. The van der Waals surface area contributed by atoms with Crippen LogP contribution in [0, 0.1) is 94.7 Å². The molecule has 32 unspecified atom stereocenters. The van der Waals surface area contributed by atoms with Gasteiger partial charge in [0.05, 0.1) is 131 Å². The molecular weight excluding hydrogens is 1700 g/mol. The van der Waals surface area contributed by atoms with Crippen LogP contribution in [0.2, 0.25) is 0 Å². The van der Waals surface area contributed by atoms with Crippen LogP contribution in [-0.2, 0) is 77.0 Å². The van der Waals surface area contributed by atoms with Crippen LogP contribution in [0.1, 0.15) is 205 Å². The zero-order valence-electron chi connectivity index (χ0n) is 66.8. The van der Waals surface area contributed by atoms with E-state index in [0.29, 0.717) is 47.3 Å². The molecule has 10 aliphatic heterocycles. The minimum Gasteiger partial charge on any atom is -0.744 e. The van der Waals surface area contributed by atoms with Crippen LogP contribution in [-0.4, -0.2) is 167 Å². The van der Waals surface area contributed by atoms with Gasteiger partial charge in [0.15, 0.2) is 0 Å².